The molecule has 0 radical (unpaired) electrons. The Morgan fingerprint density at radius 3 is 2.79 bits per heavy atom. The second-order valence-corrected chi connectivity index (χ2v) is 6.01. The monoisotopic (exact) mass is 263 g/mol. The number of benzene rings is 1. The molecule has 2 rings (SSSR count). The molecule has 0 aliphatic heterocycles. The molecule has 1 nitrogen and oxygen atoms in total. The summed E-state index contributed by atoms with van der Waals surface area (Å²) in [7, 11) is 0. The Labute approximate surface area is 116 Å². The number of aryl methyl sites for hydroxylation is 1. The Balaban J connectivity index is 2.13. The average molecular weight is 263 g/mol. The topological polar surface area (TPSA) is 12.0 Å². The highest BCUT2D eigenvalue weighted by Crippen LogP contribution is 2.35. The maximum atomic E-state index is 13.4. The van der Waals surface area contributed by atoms with Crippen LogP contribution in [0.15, 0.2) is 18.2 Å². The van der Waals surface area contributed by atoms with Gasteiger partial charge in [-0.15, -0.1) is 0 Å². The zero-order valence-electron chi connectivity index (χ0n) is 12.4. The molecule has 0 aromatic heterocycles. The first kappa shape index (κ1) is 14.5. The molecule has 1 aliphatic carbocycles. The summed E-state index contributed by atoms with van der Waals surface area (Å²) in [5.41, 5.74) is 2.36. The van der Waals surface area contributed by atoms with Crippen LogP contribution < -0.4 is 5.32 Å². The van der Waals surface area contributed by atoms with Gasteiger partial charge < -0.3 is 5.32 Å². The third-order valence-electron chi connectivity index (χ3n) is 4.66. The van der Waals surface area contributed by atoms with E-state index >= 15 is 0 Å². The summed E-state index contributed by atoms with van der Waals surface area (Å²) in [5.74, 6) is 1.41. The first-order valence-corrected chi connectivity index (χ1v) is 7.60. The van der Waals surface area contributed by atoms with Gasteiger partial charge in [-0.25, -0.2) is 4.39 Å². The van der Waals surface area contributed by atoms with E-state index in [2.05, 4.69) is 26.1 Å². The number of likely N-dealkylation sites (N-methyl/N-ethyl adjacent to an activating group) is 1. The van der Waals surface area contributed by atoms with Crippen molar-refractivity contribution in [3.05, 3.63) is 35.1 Å². The standard InChI is InChI=1S/C17H26FN/c1-4-19-17(16-7-5-6-13(16)3)11-14-10-15(18)9-8-12(14)2/h8-10,13,16-17,19H,4-7,11H2,1-3H3. The van der Waals surface area contributed by atoms with E-state index in [9.17, 15) is 4.39 Å². The zero-order valence-corrected chi connectivity index (χ0v) is 12.4. The van der Waals surface area contributed by atoms with Crippen LogP contribution in [0.3, 0.4) is 0 Å². The minimum Gasteiger partial charge on any atom is -0.314 e. The van der Waals surface area contributed by atoms with Crippen LogP contribution in [0.1, 0.15) is 44.2 Å². The van der Waals surface area contributed by atoms with Gasteiger partial charge in [0, 0.05) is 6.04 Å². The lowest BCUT2D eigenvalue weighted by atomic mass is 9.85. The summed E-state index contributed by atoms with van der Waals surface area (Å²) in [6, 6.07) is 5.65. The van der Waals surface area contributed by atoms with Crippen LogP contribution in [-0.2, 0) is 6.42 Å². The van der Waals surface area contributed by atoms with E-state index in [1.54, 1.807) is 12.1 Å². The normalized spacial score (nSPS) is 24.6. The highest BCUT2D eigenvalue weighted by atomic mass is 19.1. The highest BCUT2D eigenvalue weighted by molar-refractivity contribution is 5.27. The molecule has 1 fully saturated rings. The molecular formula is C17H26FN. The van der Waals surface area contributed by atoms with Crippen LogP contribution >= 0.6 is 0 Å². The molecule has 0 heterocycles. The summed E-state index contributed by atoms with van der Waals surface area (Å²) in [6.07, 6.45) is 4.95. The second-order valence-electron chi connectivity index (χ2n) is 6.01. The molecule has 19 heavy (non-hydrogen) atoms. The quantitative estimate of drug-likeness (QED) is 0.843. The van der Waals surface area contributed by atoms with Gasteiger partial charge in [-0.05, 0) is 61.4 Å². The van der Waals surface area contributed by atoms with Gasteiger partial charge in [0.05, 0.1) is 0 Å². The van der Waals surface area contributed by atoms with Crippen molar-refractivity contribution in [3.8, 4) is 0 Å². The van der Waals surface area contributed by atoms with Crippen molar-refractivity contribution in [1.82, 2.24) is 5.32 Å². The van der Waals surface area contributed by atoms with Crippen LogP contribution in [0.2, 0.25) is 0 Å². The number of halogens is 1. The number of rotatable bonds is 5. The van der Waals surface area contributed by atoms with Gasteiger partial charge >= 0.3 is 0 Å². The minimum absolute atomic E-state index is 0.115. The van der Waals surface area contributed by atoms with Crippen molar-refractivity contribution < 1.29 is 4.39 Å². The van der Waals surface area contributed by atoms with Gasteiger partial charge in [0.25, 0.3) is 0 Å². The maximum Gasteiger partial charge on any atom is 0.123 e. The minimum atomic E-state index is -0.115. The lowest BCUT2D eigenvalue weighted by Gasteiger charge is -2.28. The van der Waals surface area contributed by atoms with Crippen LogP contribution in [0, 0.1) is 24.6 Å². The van der Waals surface area contributed by atoms with Gasteiger partial charge in [0.15, 0.2) is 0 Å². The van der Waals surface area contributed by atoms with Gasteiger partial charge in [0.2, 0.25) is 0 Å². The summed E-state index contributed by atoms with van der Waals surface area (Å²) >= 11 is 0. The molecule has 3 atom stereocenters. The molecule has 1 aliphatic rings. The lowest BCUT2D eigenvalue weighted by Crippen LogP contribution is -2.39. The van der Waals surface area contributed by atoms with Crippen molar-refractivity contribution in [1.29, 1.82) is 0 Å². The average Bonchev–Trinajstić information content (AvgIpc) is 2.79. The third kappa shape index (κ3) is 3.56. The Morgan fingerprint density at radius 1 is 1.37 bits per heavy atom. The van der Waals surface area contributed by atoms with Crippen molar-refractivity contribution >= 4 is 0 Å². The third-order valence-corrected chi connectivity index (χ3v) is 4.66. The number of hydrogen-bond acceptors (Lipinski definition) is 1. The van der Waals surface area contributed by atoms with Crippen molar-refractivity contribution in [2.75, 3.05) is 6.54 Å². The lowest BCUT2D eigenvalue weighted by molar-refractivity contribution is 0.298. The Bertz CT molecular complexity index is 416. The Morgan fingerprint density at radius 2 is 2.16 bits per heavy atom. The van der Waals surface area contributed by atoms with E-state index in [0.717, 1.165) is 30.4 Å². The fraction of sp³-hybridized carbons (Fsp3) is 0.647. The predicted molar refractivity (Wildman–Crippen MR) is 78.8 cm³/mol. The summed E-state index contributed by atoms with van der Waals surface area (Å²) in [6.45, 7) is 7.59. The van der Waals surface area contributed by atoms with E-state index in [-0.39, 0.29) is 5.82 Å². The molecule has 1 aromatic rings. The Hall–Kier alpha value is -0.890. The second kappa shape index (κ2) is 6.51. The molecule has 0 spiro atoms. The molecule has 1 N–H and O–H groups in total. The van der Waals surface area contributed by atoms with E-state index in [1.165, 1.54) is 24.8 Å². The molecule has 0 saturated heterocycles. The molecule has 2 heteroatoms. The van der Waals surface area contributed by atoms with Crippen LogP contribution in [0.5, 0.6) is 0 Å². The molecule has 0 bridgehead atoms. The van der Waals surface area contributed by atoms with E-state index in [0.29, 0.717) is 6.04 Å². The summed E-state index contributed by atoms with van der Waals surface area (Å²) in [4.78, 5) is 0. The molecule has 1 aromatic carbocycles. The molecule has 1 saturated carbocycles. The number of hydrogen-bond donors (Lipinski definition) is 1. The smallest absolute Gasteiger partial charge is 0.123 e. The van der Waals surface area contributed by atoms with E-state index in [4.69, 9.17) is 0 Å². The first-order chi connectivity index (χ1) is 9.11. The highest BCUT2D eigenvalue weighted by Gasteiger charge is 2.30. The van der Waals surface area contributed by atoms with Crippen molar-refractivity contribution in [3.63, 3.8) is 0 Å². The van der Waals surface area contributed by atoms with Gasteiger partial charge in [-0.3, -0.25) is 0 Å². The number of nitrogens with one attached hydrogen (secondary N) is 1. The summed E-state index contributed by atoms with van der Waals surface area (Å²) in [5, 5.41) is 3.63. The molecular weight excluding hydrogens is 237 g/mol. The van der Waals surface area contributed by atoms with E-state index < -0.39 is 0 Å². The fourth-order valence-electron chi connectivity index (χ4n) is 3.51. The fourth-order valence-corrected chi connectivity index (χ4v) is 3.51. The van der Waals surface area contributed by atoms with Crippen LogP contribution in [0.25, 0.3) is 0 Å². The van der Waals surface area contributed by atoms with Gasteiger partial charge in [-0.1, -0.05) is 32.8 Å². The van der Waals surface area contributed by atoms with Crippen molar-refractivity contribution in [2.24, 2.45) is 11.8 Å². The largest absolute Gasteiger partial charge is 0.314 e. The molecule has 3 unspecified atom stereocenters. The van der Waals surface area contributed by atoms with Crippen LogP contribution in [-0.4, -0.2) is 12.6 Å². The first-order valence-electron chi connectivity index (χ1n) is 7.60. The Kier molecular flexibility index (Phi) is 4.98. The predicted octanol–water partition coefficient (Wildman–Crippen LogP) is 4.09. The van der Waals surface area contributed by atoms with Crippen LogP contribution in [0.4, 0.5) is 4.39 Å². The van der Waals surface area contributed by atoms with Gasteiger partial charge in [-0.2, -0.15) is 0 Å². The maximum absolute atomic E-state index is 13.4. The zero-order chi connectivity index (χ0) is 13.8. The summed E-state index contributed by atoms with van der Waals surface area (Å²) < 4.78 is 13.4. The molecule has 106 valence electrons. The van der Waals surface area contributed by atoms with Gasteiger partial charge in [0.1, 0.15) is 5.82 Å². The van der Waals surface area contributed by atoms with E-state index in [1.807, 2.05) is 6.07 Å². The van der Waals surface area contributed by atoms with Crippen molar-refractivity contribution in [2.45, 2.75) is 52.5 Å². The SMILES string of the molecule is CCNC(Cc1cc(F)ccc1C)C1CCCC1C. The molecule has 0 amide bonds.